The molecule has 1 aromatic heterocycles. The van der Waals surface area contributed by atoms with E-state index in [1.165, 1.54) is 11.0 Å². The number of aliphatic hydroxyl groups is 1. The molecule has 0 saturated heterocycles. The first-order valence-electron chi connectivity index (χ1n) is 6.94. The second-order valence-corrected chi connectivity index (χ2v) is 6.77. The summed E-state index contributed by atoms with van der Waals surface area (Å²) < 4.78 is 35.4. The molecule has 2 rings (SSSR count). The molecule has 8 nitrogen and oxygen atoms in total. The zero-order chi connectivity index (χ0) is 16.9. The topological polar surface area (TPSA) is 104 Å². The molecule has 0 aliphatic rings. The van der Waals surface area contributed by atoms with Crippen LogP contribution in [0.3, 0.4) is 0 Å². The lowest BCUT2D eigenvalue weighted by Crippen LogP contribution is -2.12. The number of benzene rings is 1. The van der Waals surface area contributed by atoms with E-state index < -0.39 is 16.4 Å². The summed E-state index contributed by atoms with van der Waals surface area (Å²) in [5, 5.41) is 12.4. The van der Waals surface area contributed by atoms with E-state index in [1.54, 1.807) is 14.2 Å². The molecule has 0 bridgehead atoms. The average molecular weight is 341 g/mol. The summed E-state index contributed by atoms with van der Waals surface area (Å²) in [6.45, 7) is 0.0135. The Hall–Kier alpha value is -2.13. The van der Waals surface area contributed by atoms with Gasteiger partial charge in [0.25, 0.3) is 5.16 Å². The van der Waals surface area contributed by atoms with Gasteiger partial charge in [-0.2, -0.15) is 0 Å². The van der Waals surface area contributed by atoms with Gasteiger partial charge in [-0.25, -0.2) is 13.4 Å². The monoisotopic (exact) mass is 341 g/mol. The maximum Gasteiger partial charge on any atom is 0.266 e. The highest BCUT2D eigenvalue weighted by molar-refractivity contribution is 7.91. The molecule has 0 atom stereocenters. The predicted octanol–water partition coefficient (Wildman–Crippen LogP) is 0.304. The number of methoxy groups -OCH3 is 2. The van der Waals surface area contributed by atoms with Crippen molar-refractivity contribution in [3.05, 3.63) is 30.1 Å². The van der Waals surface area contributed by atoms with Gasteiger partial charge < -0.3 is 14.6 Å². The standard InChI is InChI=1S/C14H19N3O5S/c1-21-12-4-3-11(9-13(12)22-2)5-6-17-10-15-14(16-17)23(19,20)8-7-18/h3-4,9-10,18H,5-8H2,1-2H3. The highest BCUT2D eigenvalue weighted by atomic mass is 32.2. The van der Waals surface area contributed by atoms with Gasteiger partial charge in [0.1, 0.15) is 6.33 Å². The Balaban J connectivity index is 2.06. The van der Waals surface area contributed by atoms with E-state index in [4.69, 9.17) is 14.6 Å². The molecule has 1 heterocycles. The summed E-state index contributed by atoms with van der Waals surface area (Å²) in [5.74, 6) is 0.899. The normalized spacial score (nSPS) is 11.4. The van der Waals surface area contributed by atoms with Crippen LogP contribution in [-0.4, -0.2) is 54.9 Å². The molecule has 9 heteroatoms. The summed E-state index contributed by atoms with van der Waals surface area (Å²) >= 11 is 0. The summed E-state index contributed by atoms with van der Waals surface area (Å²) in [6, 6.07) is 5.58. The number of hydrogen-bond acceptors (Lipinski definition) is 7. The van der Waals surface area contributed by atoms with Crippen LogP contribution in [0, 0.1) is 0 Å². The van der Waals surface area contributed by atoms with Crippen molar-refractivity contribution < 1.29 is 23.0 Å². The Morgan fingerprint density at radius 1 is 1.22 bits per heavy atom. The number of aliphatic hydroxyl groups excluding tert-OH is 1. The minimum atomic E-state index is -3.62. The molecule has 0 aliphatic carbocycles. The van der Waals surface area contributed by atoms with Gasteiger partial charge in [-0.15, -0.1) is 5.10 Å². The van der Waals surface area contributed by atoms with E-state index in [0.717, 1.165) is 5.56 Å². The van der Waals surface area contributed by atoms with Gasteiger partial charge in [0.15, 0.2) is 11.5 Å². The Kier molecular flexibility index (Phi) is 5.56. The average Bonchev–Trinajstić information content (AvgIpc) is 3.02. The second kappa shape index (κ2) is 7.42. The highest BCUT2D eigenvalue weighted by Gasteiger charge is 2.18. The van der Waals surface area contributed by atoms with E-state index in [2.05, 4.69) is 10.1 Å². The van der Waals surface area contributed by atoms with Crippen molar-refractivity contribution in [1.82, 2.24) is 14.8 Å². The van der Waals surface area contributed by atoms with Crippen molar-refractivity contribution >= 4 is 9.84 Å². The SMILES string of the molecule is COc1ccc(CCn2cnc(S(=O)(=O)CCO)n2)cc1OC. The number of ether oxygens (including phenoxy) is 2. The molecule has 2 aromatic rings. The first-order chi connectivity index (χ1) is 11.0. The fourth-order valence-corrected chi connectivity index (χ4v) is 2.88. The molecule has 1 aromatic carbocycles. The van der Waals surface area contributed by atoms with Crippen LogP contribution in [0.2, 0.25) is 0 Å². The zero-order valence-electron chi connectivity index (χ0n) is 13.0. The number of aryl methyl sites for hydroxylation is 2. The molecule has 23 heavy (non-hydrogen) atoms. The molecule has 0 fully saturated rings. The Bertz CT molecular complexity index is 758. The van der Waals surface area contributed by atoms with E-state index in [-0.39, 0.29) is 10.9 Å². The van der Waals surface area contributed by atoms with Crippen LogP contribution in [-0.2, 0) is 22.8 Å². The molecule has 0 aliphatic heterocycles. The molecule has 0 spiro atoms. The van der Waals surface area contributed by atoms with Crippen molar-refractivity contribution in [2.24, 2.45) is 0 Å². The van der Waals surface area contributed by atoms with Gasteiger partial charge in [0, 0.05) is 6.54 Å². The van der Waals surface area contributed by atoms with Crippen molar-refractivity contribution in [2.75, 3.05) is 26.6 Å². The number of rotatable bonds is 8. The molecular weight excluding hydrogens is 322 g/mol. The van der Waals surface area contributed by atoms with Crippen molar-refractivity contribution in [2.45, 2.75) is 18.1 Å². The summed E-state index contributed by atoms with van der Waals surface area (Å²) in [5.41, 5.74) is 0.998. The van der Waals surface area contributed by atoms with E-state index in [1.807, 2.05) is 18.2 Å². The van der Waals surface area contributed by atoms with Gasteiger partial charge in [0.05, 0.1) is 26.6 Å². The molecule has 0 radical (unpaired) electrons. The molecule has 0 unspecified atom stereocenters. The van der Waals surface area contributed by atoms with E-state index in [9.17, 15) is 8.42 Å². The molecule has 0 saturated carbocycles. The van der Waals surface area contributed by atoms with Gasteiger partial charge in [-0.05, 0) is 24.1 Å². The molecule has 0 amide bonds. The third-order valence-electron chi connectivity index (χ3n) is 3.23. The number of nitrogens with zero attached hydrogens (tertiary/aromatic N) is 3. The fraction of sp³-hybridized carbons (Fsp3) is 0.429. The lowest BCUT2D eigenvalue weighted by atomic mass is 10.1. The van der Waals surface area contributed by atoms with Crippen LogP contribution >= 0.6 is 0 Å². The van der Waals surface area contributed by atoms with Gasteiger partial charge in [-0.1, -0.05) is 6.07 Å². The van der Waals surface area contributed by atoms with Crippen LogP contribution in [0.15, 0.2) is 29.7 Å². The third-order valence-corrected chi connectivity index (χ3v) is 4.69. The van der Waals surface area contributed by atoms with Gasteiger partial charge >= 0.3 is 0 Å². The highest BCUT2D eigenvalue weighted by Crippen LogP contribution is 2.27. The second-order valence-electron chi connectivity index (χ2n) is 4.77. The number of hydrogen-bond donors (Lipinski definition) is 1. The minimum Gasteiger partial charge on any atom is -0.493 e. The number of aromatic nitrogens is 3. The predicted molar refractivity (Wildman–Crippen MR) is 82.4 cm³/mol. The van der Waals surface area contributed by atoms with Gasteiger partial charge in [-0.3, -0.25) is 4.68 Å². The Labute approximate surface area is 134 Å². The minimum absolute atomic E-state index is 0.265. The lowest BCUT2D eigenvalue weighted by Gasteiger charge is -2.09. The molecule has 126 valence electrons. The summed E-state index contributed by atoms with van der Waals surface area (Å²) in [7, 11) is -0.484. The van der Waals surface area contributed by atoms with Crippen molar-refractivity contribution in [1.29, 1.82) is 0 Å². The van der Waals surface area contributed by atoms with Crippen molar-refractivity contribution in [3.8, 4) is 11.5 Å². The van der Waals surface area contributed by atoms with E-state index >= 15 is 0 Å². The van der Waals surface area contributed by atoms with Crippen LogP contribution in [0.25, 0.3) is 0 Å². The fourth-order valence-electron chi connectivity index (χ4n) is 2.02. The quantitative estimate of drug-likeness (QED) is 0.736. The van der Waals surface area contributed by atoms with E-state index in [0.29, 0.717) is 24.5 Å². The summed E-state index contributed by atoms with van der Waals surface area (Å²) in [6.07, 6.45) is 1.99. The van der Waals surface area contributed by atoms with Crippen LogP contribution in [0.5, 0.6) is 11.5 Å². The maximum absolute atomic E-state index is 11.7. The Morgan fingerprint density at radius 3 is 2.61 bits per heavy atom. The first-order valence-corrected chi connectivity index (χ1v) is 8.59. The third kappa shape index (κ3) is 4.20. The maximum atomic E-state index is 11.7. The molecule has 1 N–H and O–H groups in total. The Morgan fingerprint density at radius 2 is 1.96 bits per heavy atom. The number of sulfone groups is 1. The first kappa shape index (κ1) is 17.2. The lowest BCUT2D eigenvalue weighted by molar-refractivity contribution is 0.319. The summed E-state index contributed by atoms with van der Waals surface area (Å²) in [4.78, 5) is 3.79. The van der Waals surface area contributed by atoms with Crippen LogP contribution < -0.4 is 9.47 Å². The van der Waals surface area contributed by atoms with Crippen molar-refractivity contribution in [3.63, 3.8) is 0 Å². The van der Waals surface area contributed by atoms with Gasteiger partial charge in [0.2, 0.25) is 9.84 Å². The van der Waals surface area contributed by atoms with Crippen LogP contribution in [0.1, 0.15) is 5.56 Å². The smallest absolute Gasteiger partial charge is 0.266 e. The largest absolute Gasteiger partial charge is 0.493 e. The molecular formula is C14H19N3O5S. The van der Waals surface area contributed by atoms with Crippen LogP contribution in [0.4, 0.5) is 0 Å². The zero-order valence-corrected chi connectivity index (χ0v) is 13.8.